The van der Waals surface area contributed by atoms with Crippen molar-refractivity contribution in [1.29, 1.82) is 0 Å². The van der Waals surface area contributed by atoms with Gasteiger partial charge in [-0.1, -0.05) is 18.2 Å². The number of thioether (sulfide) groups is 1. The number of benzene rings is 1. The van der Waals surface area contributed by atoms with Crippen molar-refractivity contribution >= 4 is 29.5 Å². The fourth-order valence-electron chi connectivity index (χ4n) is 2.93. The molecule has 2 atom stereocenters. The van der Waals surface area contributed by atoms with E-state index >= 15 is 0 Å². The van der Waals surface area contributed by atoms with Crippen molar-refractivity contribution in [2.45, 2.75) is 5.37 Å². The summed E-state index contributed by atoms with van der Waals surface area (Å²) in [6, 6.07) is 6.83. The minimum Gasteiger partial charge on any atom is -0.343 e. The van der Waals surface area contributed by atoms with Crippen LogP contribution in [-0.4, -0.2) is 41.2 Å². The van der Waals surface area contributed by atoms with Gasteiger partial charge in [-0.05, 0) is 12.1 Å². The maximum Gasteiger partial charge on any atom is 0.261 e. The Morgan fingerprint density at radius 3 is 2.45 bits per heavy atom. The summed E-state index contributed by atoms with van der Waals surface area (Å²) in [5.41, 5.74) is 0.897. The Morgan fingerprint density at radius 2 is 1.82 bits per heavy atom. The number of amides is 3. The van der Waals surface area contributed by atoms with Gasteiger partial charge in [-0.25, -0.2) is 0 Å². The minimum atomic E-state index is -0.269. The molecule has 2 unspecified atom stereocenters. The second-order valence-corrected chi connectivity index (χ2v) is 6.63. The highest BCUT2D eigenvalue weighted by Gasteiger charge is 2.40. The van der Waals surface area contributed by atoms with Gasteiger partial charge in [0.1, 0.15) is 0 Å². The van der Waals surface area contributed by atoms with Gasteiger partial charge in [-0.2, -0.15) is 0 Å². The van der Waals surface area contributed by atoms with Gasteiger partial charge in [0, 0.05) is 4.91 Å². The third-order valence-corrected chi connectivity index (χ3v) is 5.31. The number of nitrogens with zero attached hydrogens (tertiary/aromatic N) is 1. The normalized spacial score (nSPS) is 26.6. The minimum absolute atomic E-state index is 0.0149. The van der Waals surface area contributed by atoms with E-state index in [4.69, 9.17) is 0 Å². The molecule has 6 nitrogen and oxygen atoms in total. The van der Waals surface area contributed by atoms with Gasteiger partial charge in [0.2, 0.25) is 5.91 Å². The molecule has 3 aliphatic heterocycles. The van der Waals surface area contributed by atoms with Crippen molar-refractivity contribution in [2.75, 3.05) is 13.2 Å². The quantitative estimate of drug-likeness (QED) is 0.779. The summed E-state index contributed by atoms with van der Waals surface area (Å²) in [5, 5.41) is 5.93. The molecular formula is C15H13N3O3S. The molecule has 0 saturated carbocycles. The van der Waals surface area contributed by atoms with Crippen LogP contribution in [0.25, 0.3) is 0 Å². The molecule has 0 radical (unpaired) electrons. The lowest BCUT2D eigenvalue weighted by molar-refractivity contribution is -0.125. The van der Waals surface area contributed by atoms with Crippen molar-refractivity contribution in [3.63, 3.8) is 0 Å². The lowest BCUT2D eigenvalue weighted by Crippen LogP contribution is -2.51. The predicted molar refractivity (Wildman–Crippen MR) is 80.9 cm³/mol. The van der Waals surface area contributed by atoms with Crippen molar-refractivity contribution in [3.05, 3.63) is 46.4 Å². The topological polar surface area (TPSA) is 78.5 Å². The zero-order chi connectivity index (χ0) is 15.3. The Kier molecular flexibility index (Phi) is 3.05. The number of rotatable bonds is 2. The summed E-state index contributed by atoms with van der Waals surface area (Å²) in [6.07, 6.45) is 1.85. The van der Waals surface area contributed by atoms with E-state index < -0.39 is 0 Å². The van der Waals surface area contributed by atoms with Gasteiger partial charge < -0.3 is 5.32 Å². The highest BCUT2D eigenvalue weighted by atomic mass is 32.2. The van der Waals surface area contributed by atoms with Crippen LogP contribution in [-0.2, 0) is 4.79 Å². The summed E-state index contributed by atoms with van der Waals surface area (Å²) >= 11 is 1.51. The number of carbonyl (C=O) groups is 3. The first kappa shape index (κ1) is 13.5. The zero-order valence-electron chi connectivity index (χ0n) is 11.5. The van der Waals surface area contributed by atoms with E-state index in [9.17, 15) is 14.4 Å². The predicted octanol–water partition coefficient (Wildman–Crippen LogP) is 0.532. The number of hydrogen-bond acceptors (Lipinski definition) is 5. The van der Waals surface area contributed by atoms with Crippen LogP contribution in [0.1, 0.15) is 20.7 Å². The Labute approximate surface area is 130 Å². The highest BCUT2D eigenvalue weighted by Crippen LogP contribution is 2.37. The van der Waals surface area contributed by atoms with E-state index in [0.717, 1.165) is 4.91 Å². The Morgan fingerprint density at radius 1 is 1.14 bits per heavy atom. The van der Waals surface area contributed by atoms with Crippen LogP contribution in [0.15, 0.2) is 35.2 Å². The summed E-state index contributed by atoms with van der Waals surface area (Å²) in [5.74, 6) is -0.804. The first-order chi connectivity index (χ1) is 10.6. The largest absolute Gasteiger partial charge is 0.343 e. The fourth-order valence-corrected chi connectivity index (χ4v) is 4.20. The molecule has 1 fully saturated rings. The second kappa shape index (κ2) is 4.96. The van der Waals surface area contributed by atoms with Gasteiger partial charge in [-0.15, -0.1) is 11.8 Å². The molecule has 3 amide bonds. The maximum atomic E-state index is 12.3. The first-order valence-corrected chi connectivity index (χ1v) is 7.87. The Bertz CT molecular complexity index is 695. The monoisotopic (exact) mass is 315 g/mol. The third-order valence-electron chi connectivity index (χ3n) is 4.03. The Balaban J connectivity index is 1.56. The SMILES string of the molecule is O=C1NCNC2SC(CN3C(=O)c4ccccc4C3=O)=CC12. The summed E-state index contributed by atoms with van der Waals surface area (Å²) in [6.45, 7) is 0.667. The van der Waals surface area contributed by atoms with Crippen LogP contribution in [0.4, 0.5) is 0 Å². The van der Waals surface area contributed by atoms with Crippen molar-refractivity contribution in [2.24, 2.45) is 5.92 Å². The highest BCUT2D eigenvalue weighted by molar-refractivity contribution is 8.04. The summed E-state index contributed by atoms with van der Waals surface area (Å²) in [7, 11) is 0. The molecule has 112 valence electrons. The van der Waals surface area contributed by atoms with Crippen LogP contribution >= 0.6 is 11.8 Å². The Hall–Kier alpha value is -2.12. The molecule has 1 aromatic rings. The average Bonchev–Trinajstić information content (AvgIpc) is 3.04. The molecular weight excluding hydrogens is 302 g/mol. The van der Waals surface area contributed by atoms with E-state index in [1.165, 1.54) is 16.7 Å². The summed E-state index contributed by atoms with van der Waals surface area (Å²) in [4.78, 5) is 38.6. The molecule has 3 heterocycles. The van der Waals surface area contributed by atoms with Crippen molar-refractivity contribution in [1.82, 2.24) is 15.5 Å². The maximum absolute atomic E-state index is 12.3. The van der Waals surface area contributed by atoms with E-state index in [0.29, 0.717) is 17.8 Å². The summed E-state index contributed by atoms with van der Waals surface area (Å²) < 4.78 is 0. The van der Waals surface area contributed by atoms with Crippen molar-refractivity contribution < 1.29 is 14.4 Å². The van der Waals surface area contributed by atoms with Crippen LogP contribution < -0.4 is 10.6 Å². The lowest BCUT2D eigenvalue weighted by atomic mass is 10.1. The van der Waals surface area contributed by atoms with Gasteiger partial charge in [0.05, 0.1) is 35.6 Å². The number of fused-ring (bicyclic) bond motifs is 2. The van der Waals surface area contributed by atoms with Crippen LogP contribution in [0, 0.1) is 5.92 Å². The molecule has 3 aliphatic rings. The third kappa shape index (κ3) is 1.97. The average molecular weight is 315 g/mol. The molecule has 4 rings (SSSR count). The standard InChI is InChI=1S/C15H13N3O3S/c19-12-11-5-8(22-13(11)17-7-16-12)6-18-14(20)9-3-1-2-4-10(9)15(18)21/h1-5,11,13,17H,6-7H2,(H,16,19). The first-order valence-electron chi connectivity index (χ1n) is 6.99. The number of hydrogen-bond donors (Lipinski definition) is 2. The molecule has 0 aliphatic carbocycles. The molecule has 22 heavy (non-hydrogen) atoms. The van der Waals surface area contributed by atoms with Crippen LogP contribution in [0.5, 0.6) is 0 Å². The molecule has 2 N–H and O–H groups in total. The number of nitrogens with one attached hydrogen (secondary N) is 2. The van der Waals surface area contributed by atoms with E-state index in [1.54, 1.807) is 24.3 Å². The second-order valence-electron chi connectivity index (χ2n) is 5.36. The van der Waals surface area contributed by atoms with Gasteiger partial charge >= 0.3 is 0 Å². The zero-order valence-corrected chi connectivity index (χ0v) is 12.4. The lowest BCUT2D eigenvalue weighted by Gasteiger charge is -2.25. The van der Waals surface area contributed by atoms with Crippen LogP contribution in [0.3, 0.4) is 0 Å². The molecule has 0 bridgehead atoms. The van der Waals surface area contributed by atoms with E-state index in [2.05, 4.69) is 10.6 Å². The van der Waals surface area contributed by atoms with E-state index in [1.807, 2.05) is 6.08 Å². The smallest absolute Gasteiger partial charge is 0.261 e. The van der Waals surface area contributed by atoms with E-state index in [-0.39, 0.29) is 35.6 Å². The van der Waals surface area contributed by atoms with Crippen LogP contribution in [0.2, 0.25) is 0 Å². The van der Waals surface area contributed by atoms with Gasteiger partial charge in [0.15, 0.2) is 0 Å². The number of carbonyl (C=O) groups excluding carboxylic acids is 3. The molecule has 0 spiro atoms. The van der Waals surface area contributed by atoms with Gasteiger partial charge in [-0.3, -0.25) is 24.6 Å². The number of imide groups is 1. The fraction of sp³-hybridized carbons (Fsp3) is 0.267. The van der Waals surface area contributed by atoms with Gasteiger partial charge in [0.25, 0.3) is 11.8 Å². The molecule has 7 heteroatoms. The molecule has 1 saturated heterocycles. The molecule has 0 aromatic heterocycles. The molecule has 1 aromatic carbocycles. The van der Waals surface area contributed by atoms with Crippen molar-refractivity contribution in [3.8, 4) is 0 Å².